The number of hydrogen-bond acceptors (Lipinski definition) is 4. The Kier molecular flexibility index (Phi) is 5.30. The summed E-state index contributed by atoms with van der Waals surface area (Å²) in [7, 11) is 0. The maximum Gasteiger partial charge on any atom is 0.219 e. The summed E-state index contributed by atoms with van der Waals surface area (Å²) < 4.78 is 6.56. The molecule has 0 fully saturated rings. The molecule has 0 bridgehead atoms. The van der Waals surface area contributed by atoms with Crippen LogP contribution in [0.25, 0.3) is 0 Å². The molecule has 1 N–H and O–H groups in total. The van der Waals surface area contributed by atoms with E-state index in [9.17, 15) is 0 Å². The Morgan fingerprint density at radius 2 is 2.21 bits per heavy atom. The summed E-state index contributed by atoms with van der Waals surface area (Å²) >= 11 is 3.36. The zero-order valence-electron chi connectivity index (χ0n) is 10.8. The van der Waals surface area contributed by atoms with Crippen LogP contribution in [0.3, 0.4) is 0 Å². The van der Waals surface area contributed by atoms with Crippen molar-refractivity contribution >= 4 is 15.9 Å². The Bertz CT molecular complexity index is 534. The zero-order chi connectivity index (χ0) is 13.5. The predicted octanol–water partition coefficient (Wildman–Crippen LogP) is 3.53. The first-order chi connectivity index (χ1) is 9.28. The van der Waals surface area contributed by atoms with Crippen LogP contribution < -0.4 is 10.1 Å². The summed E-state index contributed by atoms with van der Waals surface area (Å²) in [4.78, 5) is 8.25. The molecule has 4 nitrogen and oxygen atoms in total. The standard InChI is InChI=1S/C14H16BrN3O/c1-2-4-16-8-11-3-5-18-14(6-11)19-13-7-12(15)9-17-10-13/h3,5-7,9-10,16H,2,4,8H2,1H3. The highest BCUT2D eigenvalue weighted by Gasteiger charge is 2.01. The second kappa shape index (κ2) is 7.21. The fraction of sp³-hybridized carbons (Fsp3) is 0.286. The molecule has 0 aromatic carbocycles. The van der Waals surface area contributed by atoms with Crippen LogP contribution in [0.15, 0.2) is 41.3 Å². The van der Waals surface area contributed by atoms with E-state index in [0.29, 0.717) is 11.6 Å². The Balaban J connectivity index is 2.02. The van der Waals surface area contributed by atoms with Crippen LogP contribution in [0.2, 0.25) is 0 Å². The Labute approximate surface area is 121 Å². The van der Waals surface area contributed by atoms with Crippen LogP contribution >= 0.6 is 15.9 Å². The van der Waals surface area contributed by atoms with Crippen molar-refractivity contribution in [2.45, 2.75) is 19.9 Å². The van der Waals surface area contributed by atoms with Crippen molar-refractivity contribution in [3.63, 3.8) is 0 Å². The second-order valence-electron chi connectivity index (χ2n) is 4.12. The van der Waals surface area contributed by atoms with Gasteiger partial charge in [0, 0.05) is 29.5 Å². The predicted molar refractivity (Wildman–Crippen MR) is 78.2 cm³/mol. The molecule has 0 amide bonds. The van der Waals surface area contributed by atoms with Crippen LogP contribution in [-0.2, 0) is 6.54 Å². The average Bonchev–Trinajstić information content (AvgIpc) is 2.39. The molecule has 0 atom stereocenters. The molecule has 0 aliphatic heterocycles. The highest BCUT2D eigenvalue weighted by Crippen LogP contribution is 2.22. The van der Waals surface area contributed by atoms with Gasteiger partial charge in [0.2, 0.25) is 5.88 Å². The molecule has 0 spiro atoms. The number of rotatable bonds is 6. The lowest BCUT2D eigenvalue weighted by molar-refractivity contribution is 0.459. The van der Waals surface area contributed by atoms with E-state index >= 15 is 0 Å². The molecule has 2 heterocycles. The molecule has 2 rings (SSSR count). The third kappa shape index (κ3) is 4.61. The van der Waals surface area contributed by atoms with Gasteiger partial charge in [-0.25, -0.2) is 4.98 Å². The van der Waals surface area contributed by atoms with Crippen LogP contribution in [-0.4, -0.2) is 16.5 Å². The van der Waals surface area contributed by atoms with Crippen molar-refractivity contribution < 1.29 is 4.74 Å². The van der Waals surface area contributed by atoms with Gasteiger partial charge in [0.1, 0.15) is 5.75 Å². The number of ether oxygens (including phenoxy) is 1. The smallest absolute Gasteiger partial charge is 0.219 e. The second-order valence-corrected chi connectivity index (χ2v) is 5.04. The topological polar surface area (TPSA) is 47.0 Å². The molecule has 0 saturated heterocycles. The Hall–Kier alpha value is -1.46. The highest BCUT2D eigenvalue weighted by molar-refractivity contribution is 9.10. The normalized spacial score (nSPS) is 10.4. The molecule has 0 aliphatic carbocycles. The quantitative estimate of drug-likeness (QED) is 0.827. The van der Waals surface area contributed by atoms with E-state index in [2.05, 4.69) is 38.1 Å². The van der Waals surface area contributed by atoms with Gasteiger partial charge in [0.25, 0.3) is 0 Å². The van der Waals surface area contributed by atoms with Gasteiger partial charge in [-0.1, -0.05) is 6.92 Å². The van der Waals surface area contributed by atoms with Crippen LogP contribution in [0.5, 0.6) is 11.6 Å². The fourth-order valence-corrected chi connectivity index (χ4v) is 1.94. The van der Waals surface area contributed by atoms with Crippen LogP contribution in [0, 0.1) is 0 Å². The van der Waals surface area contributed by atoms with E-state index in [1.54, 1.807) is 18.6 Å². The molecule has 0 radical (unpaired) electrons. The molecule has 2 aromatic heterocycles. The van der Waals surface area contributed by atoms with Gasteiger partial charge >= 0.3 is 0 Å². The van der Waals surface area contributed by atoms with Crippen LogP contribution in [0.1, 0.15) is 18.9 Å². The van der Waals surface area contributed by atoms with Crippen molar-refractivity contribution in [2.24, 2.45) is 0 Å². The molecule has 19 heavy (non-hydrogen) atoms. The van der Waals surface area contributed by atoms with Gasteiger partial charge in [-0.2, -0.15) is 0 Å². The summed E-state index contributed by atoms with van der Waals surface area (Å²) in [5.41, 5.74) is 1.15. The number of hydrogen-bond donors (Lipinski definition) is 1. The first-order valence-corrected chi connectivity index (χ1v) is 7.01. The lowest BCUT2D eigenvalue weighted by Crippen LogP contribution is -2.13. The monoisotopic (exact) mass is 321 g/mol. The van der Waals surface area contributed by atoms with Crippen molar-refractivity contribution in [1.82, 2.24) is 15.3 Å². The van der Waals surface area contributed by atoms with Crippen molar-refractivity contribution in [3.05, 3.63) is 46.8 Å². The van der Waals surface area contributed by atoms with E-state index in [0.717, 1.165) is 29.5 Å². The van der Waals surface area contributed by atoms with Gasteiger partial charge in [0.15, 0.2) is 0 Å². The highest BCUT2D eigenvalue weighted by atomic mass is 79.9. The van der Waals surface area contributed by atoms with E-state index < -0.39 is 0 Å². The minimum Gasteiger partial charge on any atom is -0.437 e. The summed E-state index contributed by atoms with van der Waals surface area (Å²) in [6.45, 7) is 3.98. The number of nitrogens with zero attached hydrogens (tertiary/aromatic N) is 2. The van der Waals surface area contributed by atoms with Gasteiger partial charge in [-0.05, 0) is 46.6 Å². The van der Waals surface area contributed by atoms with Gasteiger partial charge in [-0.3, -0.25) is 4.98 Å². The van der Waals surface area contributed by atoms with Crippen molar-refractivity contribution in [3.8, 4) is 11.6 Å². The summed E-state index contributed by atoms with van der Waals surface area (Å²) in [5.74, 6) is 1.25. The van der Waals surface area contributed by atoms with Gasteiger partial charge < -0.3 is 10.1 Å². The maximum absolute atomic E-state index is 5.67. The number of aromatic nitrogens is 2. The average molecular weight is 322 g/mol. The van der Waals surface area contributed by atoms with E-state index in [4.69, 9.17) is 4.74 Å². The summed E-state index contributed by atoms with van der Waals surface area (Å²) in [6.07, 6.45) is 6.25. The van der Waals surface area contributed by atoms with E-state index in [1.165, 1.54) is 0 Å². The Morgan fingerprint density at radius 1 is 1.32 bits per heavy atom. The summed E-state index contributed by atoms with van der Waals surface area (Å²) in [5, 5.41) is 3.35. The largest absolute Gasteiger partial charge is 0.437 e. The fourth-order valence-electron chi connectivity index (χ4n) is 1.59. The third-order valence-corrected chi connectivity index (χ3v) is 2.89. The van der Waals surface area contributed by atoms with Gasteiger partial charge in [0.05, 0.1) is 6.20 Å². The first kappa shape index (κ1) is 14.0. The molecular weight excluding hydrogens is 306 g/mol. The molecule has 0 aliphatic rings. The van der Waals surface area contributed by atoms with E-state index in [-0.39, 0.29) is 0 Å². The molecule has 5 heteroatoms. The summed E-state index contributed by atoms with van der Waals surface area (Å²) in [6, 6.07) is 5.77. The number of halogens is 1. The molecule has 100 valence electrons. The lowest BCUT2D eigenvalue weighted by atomic mass is 10.2. The number of pyridine rings is 2. The van der Waals surface area contributed by atoms with E-state index in [1.807, 2.05) is 18.2 Å². The third-order valence-electron chi connectivity index (χ3n) is 2.46. The maximum atomic E-state index is 5.67. The van der Waals surface area contributed by atoms with Gasteiger partial charge in [-0.15, -0.1) is 0 Å². The SMILES string of the molecule is CCCNCc1ccnc(Oc2cncc(Br)c2)c1. The molecule has 2 aromatic rings. The zero-order valence-corrected chi connectivity index (χ0v) is 12.4. The Morgan fingerprint density at radius 3 is 3.00 bits per heavy atom. The van der Waals surface area contributed by atoms with Crippen molar-refractivity contribution in [2.75, 3.05) is 6.54 Å². The lowest BCUT2D eigenvalue weighted by Gasteiger charge is -2.07. The minimum atomic E-state index is 0.579. The molecule has 0 unspecified atom stereocenters. The molecule has 0 saturated carbocycles. The molecular formula is C14H16BrN3O. The first-order valence-electron chi connectivity index (χ1n) is 6.22. The minimum absolute atomic E-state index is 0.579. The van der Waals surface area contributed by atoms with Crippen LogP contribution in [0.4, 0.5) is 0 Å². The number of nitrogens with one attached hydrogen (secondary N) is 1. The van der Waals surface area contributed by atoms with Crippen molar-refractivity contribution in [1.29, 1.82) is 0 Å².